The maximum Gasteiger partial charge on any atom is 0.138 e. The molecule has 1 aromatic carbocycles. The molecule has 0 fully saturated rings. The minimum absolute atomic E-state index is 0.335. The standard InChI is InChI=1S/C14H19ISi/c1-14(2,3)16(4,5)10-9-12-7-6-8-13(15)11-12/h6-8,11H,1-5H3. The molecule has 0 atom stereocenters. The summed E-state index contributed by atoms with van der Waals surface area (Å²) in [6.07, 6.45) is 0. The normalized spacial score (nSPS) is 11.9. The van der Waals surface area contributed by atoms with Gasteiger partial charge in [0.2, 0.25) is 0 Å². The van der Waals surface area contributed by atoms with Gasteiger partial charge in [-0.05, 0) is 45.8 Å². The van der Waals surface area contributed by atoms with E-state index in [2.05, 4.69) is 92.2 Å². The second-order valence-electron chi connectivity index (χ2n) is 5.64. The average Bonchev–Trinajstić information content (AvgIpc) is 2.13. The lowest BCUT2D eigenvalue weighted by atomic mass is 10.2. The first-order valence-corrected chi connectivity index (χ1v) is 9.59. The van der Waals surface area contributed by atoms with Gasteiger partial charge in [0.1, 0.15) is 8.07 Å². The molecule has 0 saturated heterocycles. The molecule has 2 heteroatoms. The van der Waals surface area contributed by atoms with Gasteiger partial charge in [-0.1, -0.05) is 45.9 Å². The van der Waals surface area contributed by atoms with E-state index in [0.29, 0.717) is 5.04 Å². The molecule has 0 unspecified atom stereocenters. The molecule has 1 rings (SSSR count). The molecule has 0 aliphatic rings. The highest BCUT2D eigenvalue weighted by atomic mass is 127. The van der Waals surface area contributed by atoms with Gasteiger partial charge in [0.25, 0.3) is 0 Å². The van der Waals surface area contributed by atoms with Gasteiger partial charge < -0.3 is 0 Å². The first-order valence-electron chi connectivity index (χ1n) is 5.51. The van der Waals surface area contributed by atoms with Gasteiger partial charge in [0, 0.05) is 9.13 Å². The number of hydrogen-bond acceptors (Lipinski definition) is 0. The second kappa shape index (κ2) is 4.93. The predicted octanol–water partition coefficient (Wildman–Crippen LogP) is 4.69. The van der Waals surface area contributed by atoms with Crippen LogP contribution < -0.4 is 0 Å². The highest BCUT2D eigenvalue weighted by Crippen LogP contribution is 2.35. The molecule has 0 aliphatic heterocycles. The second-order valence-corrected chi connectivity index (χ2v) is 11.9. The third kappa shape index (κ3) is 3.64. The molecule has 0 radical (unpaired) electrons. The molecule has 0 nitrogen and oxygen atoms in total. The number of halogens is 1. The molecule has 0 saturated carbocycles. The van der Waals surface area contributed by atoms with E-state index < -0.39 is 8.07 Å². The van der Waals surface area contributed by atoms with Crippen LogP contribution in [0.15, 0.2) is 24.3 Å². The summed E-state index contributed by atoms with van der Waals surface area (Å²) in [6, 6.07) is 8.39. The first kappa shape index (κ1) is 13.8. The summed E-state index contributed by atoms with van der Waals surface area (Å²) in [6.45, 7) is 11.6. The van der Waals surface area contributed by atoms with E-state index >= 15 is 0 Å². The smallest absolute Gasteiger partial charge is 0.126 e. The Balaban J connectivity index is 2.99. The number of rotatable bonds is 0. The lowest BCUT2D eigenvalue weighted by Crippen LogP contribution is -2.35. The molecule has 16 heavy (non-hydrogen) atoms. The molecule has 86 valence electrons. The summed E-state index contributed by atoms with van der Waals surface area (Å²) in [4.78, 5) is 0. The van der Waals surface area contributed by atoms with Crippen molar-refractivity contribution in [3.05, 3.63) is 33.4 Å². The van der Waals surface area contributed by atoms with Gasteiger partial charge in [-0.15, -0.1) is 5.54 Å². The van der Waals surface area contributed by atoms with E-state index in [0.717, 1.165) is 5.56 Å². The zero-order valence-electron chi connectivity index (χ0n) is 10.7. The van der Waals surface area contributed by atoms with Crippen LogP contribution in [0.3, 0.4) is 0 Å². The van der Waals surface area contributed by atoms with Crippen LogP contribution in [-0.4, -0.2) is 8.07 Å². The van der Waals surface area contributed by atoms with Gasteiger partial charge in [-0.2, -0.15) is 0 Å². The highest BCUT2D eigenvalue weighted by molar-refractivity contribution is 14.1. The maximum atomic E-state index is 3.53. The number of hydrogen-bond donors (Lipinski definition) is 0. The van der Waals surface area contributed by atoms with Crippen molar-refractivity contribution in [2.24, 2.45) is 0 Å². The van der Waals surface area contributed by atoms with Crippen LogP contribution in [0, 0.1) is 15.0 Å². The van der Waals surface area contributed by atoms with Crippen molar-refractivity contribution in [3.8, 4) is 11.5 Å². The third-order valence-corrected chi connectivity index (χ3v) is 8.39. The maximum absolute atomic E-state index is 3.53. The SMILES string of the molecule is CC(C)(C)[Si](C)(C)C#Cc1cccc(I)c1. The summed E-state index contributed by atoms with van der Waals surface area (Å²) in [7, 11) is -1.47. The van der Waals surface area contributed by atoms with Crippen molar-refractivity contribution in [1.82, 2.24) is 0 Å². The van der Waals surface area contributed by atoms with E-state index in [9.17, 15) is 0 Å². The Morgan fingerprint density at radius 1 is 1.19 bits per heavy atom. The Labute approximate surface area is 114 Å². The van der Waals surface area contributed by atoms with Crippen molar-refractivity contribution >= 4 is 30.7 Å². The van der Waals surface area contributed by atoms with Crippen LogP contribution in [0.5, 0.6) is 0 Å². The zero-order chi connectivity index (χ0) is 12.4. The Morgan fingerprint density at radius 3 is 2.31 bits per heavy atom. The molecule has 0 bridgehead atoms. The minimum Gasteiger partial charge on any atom is -0.126 e. The molecule has 0 aromatic heterocycles. The highest BCUT2D eigenvalue weighted by Gasteiger charge is 2.33. The lowest BCUT2D eigenvalue weighted by Gasteiger charge is -2.31. The van der Waals surface area contributed by atoms with E-state index in [-0.39, 0.29) is 0 Å². The van der Waals surface area contributed by atoms with Crippen molar-refractivity contribution in [2.45, 2.75) is 38.9 Å². The van der Waals surface area contributed by atoms with E-state index in [1.807, 2.05) is 0 Å². The fraction of sp³-hybridized carbons (Fsp3) is 0.429. The third-order valence-electron chi connectivity index (χ3n) is 3.22. The molecule has 0 spiro atoms. The Kier molecular flexibility index (Phi) is 4.25. The summed E-state index contributed by atoms with van der Waals surface area (Å²) < 4.78 is 1.25. The Hall–Kier alpha value is -0.273. The first-order chi connectivity index (χ1) is 7.22. The molecule has 0 N–H and O–H groups in total. The molecule has 0 amide bonds. The predicted molar refractivity (Wildman–Crippen MR) is 83.2 cm³/mol. The summed E-state index contributed by atoms with van der Waals surface area (Å²) in [5.74, 6) is 3.34. The Morgan fingerprint density at radius 2 is 1.81 bits per heavy atom. The van der Waals surface area contributed by atoms with Crippen LogP contribution in [-0.2, 0) is 0 Å². The van der Waals surface area contributed by atoms with Gasteiger partial charge in [-0.25, -0.2) is 0 Å². The molecular weight excluding hydrogens is 323 g/mol. The Bertz CT molecular complexity index is 430. The van der Waals surface area contributed by atoms with E-state index in [4.69, 9.17) is 0 Å². The molecule has 1 aromatic rings. The van der Waals surface area contributed by atoms with Crippen molar-refractivity contribution in [2.75, 3.05) is 0 Å². The monoisotopic (exact) mass is 342 g/mol. The summed E-state index contributed by atoms with van der Waals surface area (Å²) >= 11 is 2.33. The largest absolute Gasteiger partial charge is 0.138 e. The molecule has 0 aliphatic carbocycles. The number of benzene rings is 1. The molecular formula is C14H19ISi. The van der Waals surface area contributed by atoms with Gasteiger partial charge >= 0.3 is 0 Å². The van der Waals surface area contributed by atoms with E-state index in [1.54, 1.807) is 0 Å². The van der Waals surface area contributed by atoms with Crippen molar-refractivity contribution < 1.29 is 0 Å². The van der Waals surface area contributed by atoms with Crippen LogP contribution in [0.25, 0.3) is 0 Å². The van der Waals surface area contributed by atoms with Crippen molar-refractivity contribution in [3.63, 3.8) is 0 Å². The summed E-state index contributed by atoms with van der Waals surface area (Å²) in [5, 5.41) is 0.335. The van der Waals surface area contributed by atoms with Crippen LogP contribution in [0.1, 0.15) is 26.3 Å². The summed E-state index contributed by atoms with van der Waals surface area (Å²) in [5.41, 5.74) is 4.66. The van der Waals surface area contributed by atoms with Crippen LogP contribution in [0.2, 0.25) is 18.1 Å². The average molecular weight is 342 g/mol. The van der Waals surface area contributed by atoms with Gasteiger partial charge in [0.15, 0.2) is 0 Å². The van der Waals surface area contributed by atoms with Crippen LogP contribution in [0.4, 0.5) is 0 Å². The van der Waals surface area contributed by atoms with Gasteiger partial charge in [0.05, 0.1) is 0 Å². The fourth-order valence-corrected chi connectivity index (χ4v) is 2.36. The quantitative estimate of drug-likeness (QED) is 0.364. The van der Waals surface area contributed by atoms with Gasteiger partial charge in [-0.3, -0.25) is 0 Å². The molecule has 0 heterocycles. The zero-order valence-corrected chi connectivity index (χ0v) is 13.8. The van der Waals surface area contributed by atoms with E-state index in [1.165, 1.54) is 3.57 Å². The lowest BCUT2D eigenvalue weighted by molar-refractivity contribution is 0.731. The van der Waals surface area contributed by atoms with Crippen molar-refractivity contribution in [1.29, 1.82) is 0 Å². The van der Waals surface area contributed by atoms with Crippen LogP contribution >= 0.6 is 22.6 Å². The topological polar surface area (TPSA) is 0 Å². The fourth-order valence-electron chi connectivity index (χ4n) is 0.982. The minimum atomic E-state index is -1.47.